The van der Waals surface area contributed by atoms with Gasteiger partial charge in [-0.2, -0.15) is 5.10 Å². The molecule has 11 heteroatoms. The van der Waals surface area contributed by atoms with Crippen molar-refractivity contribution in [3.05, 3.63) is 34.0 Å². The van der Waals surface area contributed by atoms with Gasteiger partial charge in [0.05, 0.1) is 30.5 Å². The van der Waals surface area contributed by atoms with Gasteiger partial charge in [0.2, 0.25) is 5.91 Å². The van der Waals surface area contributed by atoms with Crippen molar-refractivity contribution < 1.29 is 33.8 Å². The second kappa shape index (κ2) is 10.0. The summed E-state index contributed by atoms with van der Waals surface area (Å²) >= 11 is 0.916. The van der Waals surface area contributed by atoms with Crippen molar-refractivity contribution in [1.82, 2.24) is 9.78 Å². The van der Waals surface area contributed by atoms with Crippen LogP contribution in [0.15, 0.2) is 12.4 Å². The van der Waals surface area contributed by atoms with Gasteiger partial charge in [-0.15, -0.1) is 11.3 Å². The number of carbonyl (C=O) groups is 4. The lowest BCUT2D eigenvalue weighted by Crippen LogP contribution is -2.24. The predicted molar refractivity (Wildman–Crippen MR) is 108 cm³/mol. The smallest absolute Gasteiger partial charge is 0.348 e. The topological polar surface area (TPSA) is 137 Å². The molecular formula is C19H23N3O7S. The maximum absolute atomic E-state index is 12.7. The first kappa shape index (κ1) is 23.1. The third kappa shape index (κ3) is 5.03. The zero-order valence-corrected chi connectivity index (χ0v) is 17.9. The van der Waals surface area contributed by atoms with Gasteiger partial charge in [0.1, 0.15) is 15.9 Å². The fourth-order valence-corrected chi connectivity index (χ4v) is 3.59. The second-order valence-corrected chi connectivity index (χ2v) is 7.32. The Morgan fingerprint density at radius 3 is 2.50 bits per heavy atom. The number of esters is 2. The van der Waals surface area contributed by atoms with Crippen molar-refractivity contribution in [2.45, 2.75) is 40.2 Å². The highest BCUT2D eigenvalue weighted by Crippen LogP contribution is 2.35. The molecule has 162 valence electrons. The molecule has 0 radical (unpaired) electrons. The first-order valence-corrected chi connectivity index (χ1v) is 10.1. The van der Waals surface area contributed by atoms with Crippen LogP contribution in [0.5, 0.6) is 0 Å². The van der Waals surface area contributed by atoms with E-state index >= 15 is 0 Å². The maximum Gasteiger partial charge on any atom is 0.348 e. The van der Waals surface area contributed by atoms with E-state index in [4.69, 9.17) is 14.6 Å². The Bertz CT molecular complexity index is 963. The van der Waals surface area contributed by atoms with Gasteiger partial charge in [0, 0.05) is 6.20 Å². The minimum atomic E-state index is -1.16. The van der Waals surface area contributed by atoms with Gasteiger partial charge < -0.3 is 19.9 Å². The van der Waals surface area contributed by atoms with Crippen LogP contribution in [0.3, 0.4) is 0 Å². The number of carboxylic acids is 1. The molecule has 0 aliphatic carbocycles. The van der Waals surface area contributed by atoms with Crippen LogP contribution in [-0.2, 0) is 14.3 Å². The summed E-state index contributed by atoms with van der Waals surface area (Å²) < 4.78 is 11.4. The largest absolute Gasteiger partial charge is 0.478 e. The van der Waals surface area contributed by atoms with Gasteiger partial charge in [0.15, 0.2) is 0 Å². The van der Waals surface area contributed by atoms with Crippen molar-refractivity contribution in [2.24, 2.45) is 0 Å². The summed E-state index contributed by atoms with van der Waals surface area (Å²) in [6.45, 7) is 6.97. The number of amides is 1. The number of nitrogens with zero attached hydrogens (tertiary/aromatic N) is 2. The van der Waals surface area contributed by atoms with Crippen molar-refractivity contribution in [2.75, 3.05) is 18.5 Å². The molecule has 1 atom stereocenters. The molecule has 0 saturated carbocycles. The number of aromatic carboxylic acids is 1. The van der Waals surface area contributed by atoms with E-state index in [2.05, 4.69) is 10.4 Å². The Hall–Kier alpha value is -3.21. The number of aromatic nitrogens is 2. The fraction of sp³-hybridized carbons (Fsp3) is 0.421. The summed E-state index contributed by atoms with van der Waals surface area (Å²) in [5.41, 5.74) is 0.383. The Kier molecular flexibility index (Phi) is 7.70. The molecule has 2 heterocycles. The summed E-state index contributed by atoms with van der Waals surface area (Å²) in [7, 11) is 0. The number of carbonyl (C=O) groups excluding carboxylic acids is 3. The molecule has 0 aliphatic rings. The van der Waals surface area contributed by atoms with Crippen LogP contribution >= 0.6 is 11.3 Å². The van der Waals surface area contributed by atoms with Crippen LogP contribution < -0.4 is 5.32 Å². The van der Waals surface area contributed by atoms with Gasteiger partial charge in [0.25, 0.3) is 0 Å². The van der Waals surface area contributed by atoms with Crippen LogP contribution in [0.25, 0.3) is 0 Å². The molecular weight excluding hydrogens is 414 g/mol. The fourth-order valence-electron chi connectivity index (χ4n) is 2.50. The van der Waals surface area contributed by atoms with E-state index in [1.54, 1.807) is 13.8 Å². The molecule has 0 fully saturated rings. The van der Waals surface area contributed by atoms with Crippen molar-refractivity contribution in [3.63, 3.8) is 0 Å². The van der Waals surface area contributed by atoms with Crippen molar-refractivity contribution in [3.8, 4) is 0 Å². The first-order chi connectivity index (χ1) is 14.2. The summed E-state index contributed by atoms with van der Waals surface area (Å²) in [5.74, 6) is -2.97. The number of hydrogen-bond acceptors (Lipinski definition) is 8. The van der Waals surface area contributed by atoms with E-state index in [9.17, 15) is 19.2 Å². The zero-order valence-electron chi connectivity index (χ0n) is 17.1. The van der Waals surface area contributed by atoms with Crippen LogP contribution in [0.1, 0.15) is 69.2 Å². The number of nitrogens with one attached hydrogen (secondary N) is 1. The third-order valence-electron chi connectivity index (χ3n) is 4.11. The maximum atomic E-state index is 12.7. The van der Waals surface area contributed by atoms with E-state index in [0.717, 1.165) is 17.5 Å². The van der Waals surface area contributed by atoms with Crippen LogP contribution in [0, 0.1) is 6.92 Å². The molecule has 2 aromatic heterocycles. The van der Waals surface area contributed by atoms with Gasteiger partial charge in [-0.1, -0.05) is 6.92 Å². The van der Waals surface area contributed by atoms with E-state index in [-0.39, 0.29) is 34.2 Å². The Morgan fingerprint density at radius 1 is 1.23 bits per heavy atom. The molecule has 30 heavy (non-hydrogen) atoms. The molecule has 0 bridgehead atoms. The molecule has 0 saturated heterocycles. The SMILES string of the molecule is CCCOC(=O)c1c(NC(=O)C(C)n2cc(C(=O)O)cn2)sc(C(=O)OCC)c1C. The van der Waals surface area contributed by atoms with Crippen molar-refractivity contribution >= 4 is 40.2 Å². The number of rotatable bonds is 9. The normalized spacial score (nSPS) is 11.6. The molecule has 1 unspecified atom stereocenters. The minimum absolute atomic E-state index is 0.0601. The second-order valence-electron chi connectivity index (χ2n) is 6.30. The molecule has 2 aromatic rings. The van der Waals surface area contributed by atoms with Crippen LogP contribution in [0.2, 0.25) is 0 Å². The van der Waals surface area contributed by atoms with Gasteiger partial charge in [-0.3, -0.25) is 9.48 Å². The quantitative estimate of drug-likeness (QED) is 0.571. The number of carboxylic acid groups (broad SMARTS) is 1. The van der Waals surface area contributed by atoms with Gasteiger partial charge >= 0.3 is 17.9 Å². The number of ether oxygens (including phenoxy) is 2. The number of hydrogen-bond donors (Lipinski definition) is 2. The molecule has 2 rings (SSSR count). The first-order valence-electron chi connectivity index (χ1n) is 9.27. The highest BCUT2D eigenvalue weighted by molar-refractivity contribution is 7.18. The lowest BCUT2D eigenvalue weighted by Gasteiger charge is -2.13. The number of anilines is 1. The average Bonchev–Trinajstić information content (AvgIpc) is 3.31. The Balaban J connectivity index is 2.34. The van der Waals surface area contributed by atoms with Gasteiger partial charge in [-0.05, 0) is 32.8 Å². The van der Waals surface area contributed by atoms with Crippen molar-refractivity contribution in [1.29, 1.82) is 0 Å². The summed E-state index contributed by atoms with van der Waals surface area (Å²) in [6.07, 6.45) is 2.98. The molecule has 2 N–H and O–H groups in total. The van der Waals surface area contributed by atoms with E-state index in [1.165, 1.54) is 17.8 Å². The Morgan fingerprint density at radius 2 is 1.93 bits per heavy atom. The lowest BCUT2D eigenvalue weighted by molar-refractivity contribution is -0.119. The molecule has 1 amide bonds. The van der Waals surface area contributed by atoms with E-state index < -0.39 is 29.9 Å². The molecule has 10 nitrogen and oxygen atoms in total. The average molecular weight is 437 g/mol. The standard InChI is InChI=1S/C19H23N3O7S/c1-5-7-29-18(26)13-10(3)14(19(27)28-6-2)30-16(13)21-15(23)11(4)22-9-12(8-20-22)17(24)25/h8-9,11H,5-7H2,1-4H3,(H,21,23)(H,24,25). The predicted octanol–water partition coefficient (Wildman–Crippen LogP) is 2.89. The lowest BCUT2D eigenvalue weighted by atomic mass is 10.1. The van der Waals surface area contributed by atoms with E-state index in [1.807, 2.05) is 6.92 Å². The molecule has 0 aliphatic heterocycles. The van der Waals surface area contributed by atoms with E-state index in [0.29, 0.717) is 12.0 Å². The highest BCUT2D eigenvalue weighted by atomic mass is 32.1. The van der Waals surface area contributed by atoms with Crippen LogP contribution in [0.4, 0.5) is 5.00 Å². The highest BCUT2D eigenvalue weighted by Gasteiger charge is 2.28. The molecule has 0 spiro atoms. The summed E-state index contributed by atoms with van der Waals surface area (Å²) in [6, 6.07) is -0.869. The van der Waals surface area contributed by atoms with Crippen LogP contribution in [-0.4, -0.2) is 51.9 Å². The minimum Gasteiger partial charge on any atom is -0.478 e. The Labute approximate surface area is 176 Å². The molecule has 0 aromatic carbocycles. The third-order valence-corrected chi connectivity index (χ3v) is 5.30. The zero-order chi connectivity index (χ0) is 22.4. The number of thiophene rings is 1. The summed E-state index contributed by atoms with van der Waals surface area (Å²) in [5, 5.41) is 15.7. The monoisotopic (exact) mass is 437 g/mol. The summed E-state index contributed by atoms with van der Waals surface area (Å²) in [4.78, 5) is 48.7. The van der Waals surface area contributed by atoms with Gasteiger partial charge in [-0.25, -0.2) is 14.4 Å².